The zero-order chi connectivity index (χ0) is 15.4. The number of carbonyl (C=O) groups excluding carboxylic acids is 1. The van der Waals surface area contributed by atoms with Crippen LogP contribution in [0.1, 0.15) is 57.6 Å². The lowest BCUT2D eigenvalue weighted by Crippen LogP contribution is -2.40. The van der Waals surface area contributed by atoms with Crippen molar-refractivity contribution in [1.29, 1.82) is 0 Å². The van der Waals surface area contributed by atoms with Crippen LogP contribution in [0.2, 0.25) is 0 Å². The van der Waals surface area contributed by atoms with Crippen molar-refractivity contribution in [1.82, 2.24) is 4.90 Å². The highest BCUT2D eigenvalue weighted by Gasteiger charge is 2.25. The van der Waals surface area contributed by atoms with Crippen molar-refractivity contribution < 1.29 is 4.79 Å². The number of rotatable bonds is 4. The number of piperidine rings is 1. The van der Waals surface area contributed by atoms with Gasteiger partial charge < -0.3 is 4.90 Å². The summed E-state index contributed by atoms with van der Waals surface area (Å²) in [7, 11) is 0. The van der Waals surface area contributed by atoms with Gasteiger partial charge in [0, 0.05) is 13.1 Å². The third kappa shape index (κ3) is 4.33. The predicted molar refractivity (Wildman–Crippen MR) is 88.4 cm³/mol. The number of benzene rings is 1. The minimum Gasteiger partial charge on any atom is -0.342 e. The van der Waals surface area contributed by atoms with Gasteiger partial charge in [-0.3, -0.25) is 4.79 Å². The van der Waals surface area contributed by atoms with E-state index in [1.54, 1.807) is 0 Å². The SMILES string of the molecule is CC(C)Cc1ccc(C(C)C(=O)N2CCC(C)CC2)cc1. The smallest absolute Gasteiger partial charge is 0.229 e. The van der Waals surface area contributed by atoms with Crippen molar-refractivity contribution in [2.45, 2.75) is 52.9 Å². The third-order valence-electron chi connectivity index (χ3n) is 4.59. The van der Waals surface area contributed by atoms with E-state index in [-0.39, 0.29) is 5.92 Å². The molecule has 2 nitrogen and oxygen atoms in total. The van der Waals surface area contributed by atoms with Crippen molar-refractivity contribution in [2.75, 3.05) is 13.1 Å². The van der Waals surface area contributed by atoms with E-state index in [2.05, 4.69) is 45.0 Å². The van der Waals surface area contributed by atoms with Crippen LogP contribution in [0.3, 0.4) is 0 Å². The molecule has 0 bridgehead atoms. The first-order valence-electron chi connectivity index (χ1n) is 8.35. The summed E-state index contributed by atoms with van der Waals surface area (Å²) < 4.78 is 0. The maximum Gasteiger partial charge on any atom is 0.229 e. The van der Waals surface area contributed by atoms with Crippen LogP contribution in [-0.2, 0) is 11.2 Å². The van der Waals surface area contributed by atoms with Gasteiger partial charge in [-0.2, -0.15) is 0 Å². The first-order valence-corrected chi connectivity index (χ1v) is 8.35. The molecule has 21 heavy (non-hydrogen) atoms. The average Bonchev–Trinajstić information content (AvgIpc) is 2.47. The summed E-state index contributed by atoms with van der Waals surface area (Å²) in [5.41, 5.74) is 2.51. The Morgan fingerprint density at radius 1 is 1.14 bits per heavy atom. The largest absolute Gasteiger partial charge is 0.342 e. The molecule has 1 aromatic rings. The van der Waals surface area contributed by atoms with Crippen LogP contribution in [0, 0.1) is 11.8 Å². The highest BCUT2D eigenvalue weighted by atomic mass is 16.2. The molecule has 1 heterocycles. The van der Waals surface area contributed by atoms with Gasteiger partial charge >= 0.3 is 0 Å². The second-order valence-electron chi connectivity index (χ2n) is 7.07. The second-order valence-corrected chi connectivity index (χ2v) is 7.07. The van der Waals surface area contributed by atoms with Crippen LogP contribution in [-0.4, -0.2) is 23.9 Å². The molecule has 1 aliphatic rings. The van der Waals surface area contributed by atoms with Crippen LogP contribution in [0.15, 0.2) is 24.3 Å². The molecule has 2 heteroatoms. The van der Waals surface area contributed by atoms with Gasteiger partial charge in [-0.1, -0.05) is 45.0 Å². The molecular formula is C19H29NO. The Balaban J connectivity index is 1.98. The minimum atomic E-state index is -0.0218. The first kappa shape index (κ1) is 16.1. The third-order valence-corrected chi connectivity index (χ3v) is 4.59. The molecule has 2 rings (SSSR count). The molecule has 1 saturated heterocycles. The molecule has 1 amide bonds. The van der Waals surface area contributed by atoms with Gasteiger partial charge in [-0.25, -0.2) is 0 Å². The van der Waals surface area contributed by atoms with Gasteiger partial charge in [0.05, 0.1) is 5.92 Å². The van der Waals surface area contributed by atoms with Crippen molar-refractivity contribution in [3.05, 3.63) is 35.4 Å². The summed E-state index contributed by atoms with van der Waals surface area (Å²) in [4.78, 5) is 14.6. The Labute approximate surface area is 129 Å². The molecule has 0 N–H and O–H groups in total. The Bertz CT molecular complexity index is 455. The number of carbonyl (C=O) groups is 1. The molecule has 116 valence electrons. The number of amides is 1. The molecule has 0 spiro atoms. The summed E-state index contributed by atoms with van der Waals surface area (Å²) in [5, 5.41) is 0. The molecule has 0 saturated carbocycles. The summed E-state index contributed by atoms with van der Waals surface area (Å²) in [6.07, 6.45) is 3.39. The fraction of sp³-hybridized carbons (Fsp3) is 0.632. The van der Waals surface area contributed by atoms with E-state index in [0.29, 0.717) is 11.8 Å². The molecule has 0 aliphatic carbocycles. The topological polar surface area (TPSA) is 20.3 Å². The Morgan fingerprint density at radius 3 is 2.24 bits per heavy atom. The van der Waals surface area contributed by atoms with Gasteiger partial charge in [0.2, 0.25) is 5.91 Å². The number of hydrogen-bond acceptors (Lipinski definition) is 1. The molecule has 1 atom stereocenters. The van der Waals surface area contributed by atoms with Gasteiger partial charge in [-0.05, 0) is 49.1 Å². The van der Waals surface area contributed by atoms with E-state index in [4.69, 9.17) is 0 Å². The molecule has 1 unspecified atom stereocenters. The van der Waals surface area contributed by atoms with E-state index in [1.165, 1.54) is 5.56 Å². The predicted octanol–water partition coefficient (Wildman–Crippen LogP) is 4.25. The first-order chi connectivity index (χ1) is 9.97. The maximum absolute atomic E-state index is 12.6. The van der Waals surface area contributed by atoms with Crippen LogP contribution >= 0.6 is 0 Å². The number of hydrogen-bond donors (Lipinski definition) is 0. The Hall–Kier alpha value is -1.31. The van der Waals surface area contributed by atoms with Crippen LogP contribution in [0.4, 0.5) is 0 Å². The molecule has 1 fully saturated rings. The molecule has 0 aromatic heterocycles. The monoisotopic (exact) mass is 287 g/mol. The molecule has 0 radical (unpaired) electrons. The van der Waals surface area contributed by atoms with Crippen molar-refractivity contribution in [2.24, 2.45) is 11.8 Å². The molecule has 1 aromatic carbocycles. The van der Waals surface area contributed by atoms with Gasteiger partial charge in [0.15, 0.2) is 0 Å². The average molecular weight is 287 g/mol. The lowest BCUT2D eigenvalue weighted by atomic mass is 9.94. The zero-order valence-corrected chi connectivity index (χ0v) is 13.9. The zero-order valence-electron chi connectivity index (χ0n) is 13.9. The number of likely N-dealkylation sites (tertiary alicyclic amines) is 1. The normalized spacial score (nSPS) is 18.0. The van der Waals surface area contributed by atoms with E-state index in [9.17, 15) is 4.79 Å². The van der Waals surface area contributed by atoms with E-state index in [0.717, 1.165) is 43.8 Å². The van der Waals surface area contributed by atoms with E-state index in [1.807, 2.05) is 11.8 Å². The van der Waals surface area contributed by atoms with Crippen molar-refractivity contribution in [3.63, 3.8) is 0 Å². The Morgan fingerprint density at radius 2 is 1.71 bits per heavy atom. The van der Waals surface area contributed by atoms with E-state index < -0.39 is 0 Å². The molecule has 1 aliphatic heterocycles. The standard InChI is InChI=1S/C19H29NO/c1-14(2)13-17-5-7-18(8-6-17)16(4)19(21)20-11-9-15(3)10-12-20/h5-8,14-16H,9-13H2,1-4H3. The lowest BCUT2D eigenvalue weighted by molar-refractivity contribution is -0.133. The van der Waals surface area contributed by atoms with E-state index >= 15 is 0 Å². The quantitative estimate of drug-likeness (QED) is 0.811. The van der Waals surface area contributed by atoms with Gasteiger partial charge in [0.1, 0.15) is 0 Å². The molecular weight excluding hydrogens is 258 g/mol. The van der Waals surface area contributed by atoms with Crippen LogP contribution < -0.4 is 0 Å². The minimum absolute atomic E-state index is 0.0218. The lowest BCUT2D eigenvalue weighted by Gasteiger charge is -2.32. The fourth-order valence-electron chi connectivity index (χ4n) is 3.06. The highest BCUT2D eigenvalue weighted by molar-refractivity contribution is 5.83. The highest BCUT2D eigenvalue weighted by Crippen LogP contribution is 2.23. The van der Waals surface area contributed by atoms with Gasteiger partial charge in [0.25, 0.3) is 0 Å². The number of nitrogens with zero attached hydrogens (tertiary/aromatic N) is 1. The summed E-state index contributed by atoms with van der Waals surface area (Å²) in [5.74, 6) is 1.70. The van der Waals surface area contributed by atoms with Crippen LogP contribution in [0.5, 0.6) is 0 Å². The maximum atomic E-state index is 12.6. The summed E-state index contributed by atoms with van der Waals surface area (Å²) >= 11 is 0. The fourth-order valence-corrected chi connectivity index (χ4v) is 3.06. The van der Waals surface area contributed by atoms with Crippen molar-refractivity contribution in [3.8, 4) is 0 Å². The summed E-state index contributed by atoms with van der Waals surface area (Å²) in [6.45, 7) is 10.6. The summed E-state index contributed by atoms with van der Waals surface area (Å²) in [6, 6.07) is 8.62. The Kier molecular flexibility index (Phi) is 5.44. The second kappa shape index (κ2) is 7.11. The van der Waals surface area contributed by atoms with Crippen LogP contribution in [0.25, 0.3) is 0 Å². The van der Waals surface area contributed by atoms with Crippen molar-refractivity contribution >= 4 is 5.91 Å². The van der Waals surface area contributed by atoms with Gasteiger partial charge in [-0.15, -0.1) is 0 Å².